The number of carbonyl (C=O) groups excluding carboxylic acids is 3. The first kappa shape index (κ1) is 21.4. The van der Waals surface area contributed by atoms with E-state index in [2.05, 4.69) is 5.32 Å². The van der Waals surface area contributed by atoms with E-state index >= 15 is 0 Å². The molecule has 30 heavy (non-hydrogen) atoms. The van der Waals surface area contributed by atoms with Gasteiger partial charge in [0.2, 0.25) is 0 Å². The molecule has 0 aromatic rings. The van der Waals surface area contributed by atoms with Gasteiger partial charge in [0.15, 0.2) is 0 Å². The molecule has 3 saturated heterocycles. The highest BCUT2D eigenvalue weighted by Crippen LogP contribution is 2.48. The number of hydrogen-bond donors (Lipinski definition) is 1. The molecule has 8 nitrogen and oxygen atoms in total. The molecule has 3 heterocycles. The van der Waals surface area contributed by atoms with Crippen molar-refractivity contribution in [2.45, 2.75) is 96.0 Å². The highest BCUT2D eigenvalue weighted by Gasteiger charge is 2.64. The van der Waals surface area contributed by atoms with Crippen LogP contribution in [0.15, 0.2) is 0 Å². The van der Waals surface area contributed by atoms with E-state index in [9.17, 15) is 14.4 Å². The molecular weight excluding hydrogens is 384 g/mol. The van der Waals surface area contributed by atoms with Gasteiger partial charge >= 0.3 is 12.1 Å². The number of fused-ring (bicyclic) bond motifs is 1. The molecular formula is C22H36N4O4. The maximum atomic E-state index is 13.8. The first-order valence-electron chi connectivity index (χ1n) is 11.4. The van der Waals surface area contributed by atoms with E-state index in [1.807, 2.05) is 39.5 Å². The lowest BCUT2D eigenvalue weighted by Crippen LogP contribution is -2.51. The van der Waals surface area contributed by atoms with Crippen LogP contribution in [-0.4, -0.2) is 81.6 Å². The molecule has 4 atom stereocenters. The minimum Gasteiger partial charge on any atom is -0.444 e. The summed E-state index contributed by atoms with van der Waals surface area (Å²) in [6.45, 7) is 11.3. The lowest BCUT2D eigenvalue weighted by Gasteiger charge is -2.34. The third-order valence-corrected chi connectivity index (χ3v) is 7.07. The van der Waals surface area contributed by atoms with E-state index in [-0.39, 0.29) is 30.1 Å². The molecule has 4 fully saturated rings. The summed E-state index contributed by atoms with van der Waals surface area (Å²) in [5, 5.41) is 3.58. The predicted octanol–water partition coefficient (Wildman–Crippen LogP) is 2.57. The Balaban J connectivity index is 1.54. The van der Waals surface area contributed by atoms with Crippen molar-refractivity contribution in [1.29, 1.82) is 0 Å². The number of ether oxygens (including phenoxy) is 1. The zero-order valence-corrected chi connectivity index (χ0v) is 18.9. The minimum atomic E-state index is -0.739. The minimum absolute atomic E-state index is 0.0463. The fraction of sp³-hybridized carbons (Fsp3) is 0.864. The first-order chi connectivity index (χ1) is 14.0. The molecule has 1 aliphatic carbocycles. The SMILES string of the molecule is CC(C)N1C(=O)N(C2CCN(C(=O)OC(C)(C)C)C2)C(=O)C12CC1CCCNC1C2. The summed E-state index contributed by atoms with van der Waals surface area (Å²) >= 11 is 0. The monoisotopic (exact) mass is 420 g/mol. The fourth-order valence-electron chi connectivity index (χ4n) is 5.95. The van der Waals surface area contributed by atoms with Gasteiger partial charge in [0.25, 0.3) is 5.91 Å². The number of nitrogens with one attached hydrogen (secondary N) is 1. The molecule has 1 saturated carbocycles. The Kier molecular flexibility index (Phi) is 5.27. The molecule has 0 aromatic heterocycles. The van der Waals surface area contributed by atoms with Crippen molar-refractivity contribution in [3.8, 4) is 0 Å². The maximum Gasteiger partial charge on any atom is 0.410 e. The van der Waals surface area contributed by atoms with Crippen LogP contribution in [0.5, 0.6) is 0 Å². The first-order valence-corrected chi connectivity index (χ1v) is 11.4. The third kappa shape index (κ3) is 3.47. The highest BCUT2D eigenvalue weighted by atomic mass is 16.6. The Hall–Kier alpha value is -1.83. The van der Waals surface area contributed by atoms with Crippen molar-refractivity contribution >= 4 is 18.0 Å². The van der Waals surface area contributed by atoms with Gasteiger partial charge in [-0.15, -0.1) is 0 Å². The molecule has 4 amide bonds. The van der Waals surface area contributed by atoms with Gasteiger partial charge in [-0.05, 0) is 79.2 Å². The van der Waals surface area contributed by atoms with E-state index in [0.717, 1.165) is 25.8 Å². The summed E-state index contributed by atoms with van der Waals surface area (Å²) in [5.41, 5.74) is -1.31. The smallest absolute Gasteiger partial charge is 0.410 e. The van der Waals surface area contributed by atoms with Gasteiger partial charge in [0, 0.05) is 25.2 Å². The Labute approximate surface area is 179 Å². The van der Waals surface area contributed by atoms with Crippen LogP contribution in [0.3, 0.4) is 0 Å². The van der Waals surface area contributed by atoms with Gasteiger partial charge in [0.05, 0.1) is 6.04 Å². The van der Waals surface area contributed by atoms with E-state index in [0.29, 0.717) is 37.9 Å². The fourth-order valence-corrected chi connectivity index (χ4v) is 5.95. The van der Waals surface area contributed by atoms with Crippen LogP contribution >= 0.6 is 0 Å². The number of nitrogens with zero attached hydrogens (tertiary/aromatic N) is 3. The van der Waals surface area contributed by atoms with Gasteiger partial charge < -0.3 is 19.9 Å². The van der Waals surface area contributed by atoms with Crippen LogP contribution in [0, 0.1) is 5.92 Å². The van der Waals surface area contributed by atoms with E-state index in [4.69, 9.17) is 4.74 Å². The lowest BCUT2D eigenvalue weighted by molar-refractivity contribution is -0.135. The molecule has 4 unspecified atom stereocenters. The molecule has 0 radical (unpaired) electrons. The van der Waals surface area contributed by atoms with Crippen molar-refractivity contribution in [3.63, 3.8) is 0 Å². The molecule has 0 bridgehead atoms. The topological polar surface area (TPSA) is 82.2 Å². The summed E-state index contributed by atoms with van der Waals surface area (Å²) in [7, 11) is 0. The molecule has 4 rings (SSSR count). The van der Waals surface area contributed by atoms with Crippen molar-refractivity contribution in [3.05, 3.63) is 0 Å². The van der Waals surface area contributed by atoms with Crippen molar-refractivity contribution < 1.29 is 19.1 Å². The summed E-state index contributed by atoms with van der Waals surface area (Å²) in [6, 6.07) is -0.216. The molecule has 4 aliphatic rings. The second-order valence-corrected chi connectivity index (χ2v) is 10.7. The van der Waals surface area contributed by atoms with Gasteiger partial charge in [-0.2, -0.15) is 0 Å². The van der Waals surface area contributed by atoms with Gasteiger partial charge in [-0.3, -0.25) is 9.69 Å². The maximum absolute atomic E-state index is 13.8. The third-order valence-electron chi connectivity index (χ3n) is 7.07. The van der Waals surface area contributed by atoms with E-state index in [1.54, 1.807) is 4.90 Å². The van der Waals surface area contributed by atoms with E-state index < -0.39 is 11.1 Å². The normalized spacial score (nSPS) is 34.5. The molecule has 1 N–H and O–H groups in total. The quantitative estimate of drug-likeness (QED) is 0.695. The largest absolute Gasteiger partial charge is 0.444 e. The van der Waals surface area contributed by atoms with Crippen LogP contribution in [0.1, 0.15) is 66.7 Å². The number of rotatable bonds is 2. The summed E-state index contributed by atoms with van der Waals surface area (Å²) < 4.78 is 5.48. The van der Waals surface area contributed by atoms with Crippen LogP contribution < -0.4 is 5.32 Å². The Morgan fingerprint density at radius 2 is 1.93 bits per heavy atom. The van der Waals surface area contributed by atoms with Crippen LogP contribution in [0.25, 0.3) is 0 Å². The van der Waals surface area contributed by atoms with Crippen molar-refractivity contribution in [2.24, 2.45) is 5.92 Å². The number of urea groups is 1. The average molecular weight is 421 g/mol. The van der Waals surface area contributed by atoms with Crippen molar-refractivity contribution in [1.82, 2.24) is 20.0 Å². The molecule has 1 spiro atoms. The predicted molar refractivity (Wildman–Crippen MR) is 112 cm³/mol. The Morgan fingerprint density at radius 3 is 2.57 bits per heavy atom. The van der Waals surface area contributed by atoms with E-state index in [1.165, 1.54) is 4.90 Å². The highest BCUT2D eigenvalue weighted by molar-refractivity contribution is 6.08. The number of likely N-dealkylation sites (tertiary alicyclic amines) is 1. The molecule has 8 heteroatoms. The van der Waals surface area contributed by atoms with Crippen LogP contribution in [0.2, 0.25) is 0 Å². The van der Waals surface area contributed by atoms with Crippen LogP contribution in [-0.2, 0) is 9.53 Å². The summed E-state index contributed by atoms with van der Waals surface area (Å²) in [4.78, 5) is 44.7. The summed E-state index contributed by atoms with van der Waals surface area (Å²) in [6.07, 6.45) is 3.90. The summed E-state index contributed by atoms with van der Waals surface area (Å²) in [5.74, 6) is 0.381. The van der Waals surface area contributed by atoms with Crippen molar-refractivity contribution in [2.75, 3.05) is 19.6 Å². The average Bonchev–Trinajstić information content (AvgIpc) is 3.29. The number of piperidine rings is 1. The standard InChI is InChI=1S/C22H36N4O4/c1-14(2)26-19(28)25(16-8-10-24(13-16)20(29)30-21(3,4)5)18(27)22(26)11-15-7-6-9-23-17(15)12-22/h14-17,23H,6-13H2,1-5H3. The Bertz CT molecular complexity index is 717. The number of amides is 4. The second-order valence-electron chi connectivity index (χ2n) is 10.7. The molecule has 168 valence electrons. The zero-order valence-electron chi connectivity index (χ0n) is 18.9. The van der Waals surface area contributed by atoms with Gasteiger partial charge in [-0.25, -0.2) is 9.59 Å². The van der Waals surface area contributed by atoms with Gasteiger partial charge in [-0.1, -0.05) is 0 Å². The number of imide groups is 1. The zero-order chi connectivity index (χ0) is 21.8. The molecule has 3 aliphatic heterocycles. The van der Waals surface area contributed by atoms with Crippen LogP contribution in [0.4, 0.5) is 9.59 Å². The second kappa shape index (κ2) is 7.39. The lowest BCUT2D eigenvalue weighted by atomic mass is 9.90. The van der Waals surface area contributed by atoms with Gasteiger partial charge in [0.1, 0.15) is 11.1 Å². The number of carbonyl (C=O) groups is 3. The number of hydrogen-bond acceptors (Lipinski definition) is 5. The Morgan fingerprint density at radius 1 is 1.20 bits per heavy atom. The molecule has 0 aromatic carbocycles.